The summed E-state index contributed by atoms with van der Waals surface area (Å²) in [6.45, 7) is 5.59. The molecule has 20 heavy (non-hydrogen) atoms. The number of benzene rings is 1. The third-order valence-electron chi connectivity index (χ3n) is 3.13. The van der Waals surface area contributed by atoms with Crippen molar-refractivity contribution in [2.24, 2.45) is 0 Å². The van der Waals surface area contributed by atoms with Gasteiger partial charge in [0.25, 0.3) is 0 Å². The molecule has 4 heteroatoms. The Bertz CT molecular complexity index is 537. The molecule has 0 atom stereocenters. The van der Waals surface area contributed by atoms with E-state index >= 15 is 0 Å². The quantitative estimate of drug-likeness (QED) is 0.865. The second-order valence-corrected chi connectivity index (χ2v) is 6.25. The van der Waals surface area contributed by atoms with Crippen LogP contribution in [0.25, 0.3) is 0 Å². The molecule has 0 saturated heterocycles. The first-order valence-corrected chi connectivity index (χ1v) is 7.70. The summed E-state index contributed by atoms with van der Waals surface area (Å²) < 4.78 is 14.2. The van der Waals surface area contributed by atoms with Crippen LogP contribution in [0.4, 0.5) is 10.1 Å². The lowest BCUT2D eigenvalue weighted by Gasteiger charge is -2.23. The minimum Gasteiger partial charge on any atom is -0.367 e. The van der Waals surface area contributed by atoms with Gasteiger partial charge >= 0.3 is 0 Å². The maximum atomic E-state index is 14.2. The maximum absolute atomic E-state index is 14.2. The number of thiophene rings is 1. The Morgan fingerprint density at radius 2 is 2.05 bits per heavy atom. The highest BCUT2D eigenvalue weighted by molar-refractivity contribution is 7.09. The fraction of sp³-hybridized carbons (Fsp3) is 0.375. The second kappa shape index (κ2) is 6.86. The van der Waals surface area contributed by atoms with E-state index in [1.807, 2.05) is 29.5 Å². The first-order chi connectivity index (χ1) is 9.58. The largest absolute Gasteiger partial charge is 0.367 e. The van der Waals surface area contributed by atoms with E-state index in [0.29, 0.717) is 18.3 Å². The van der Waals surface area contributed by atoms with Crippen LogP contribution >= 0.6 is 11.3 Å². The van der Waals surface area contributed by atoms with Crippen molar-refractivity contribution in [1.82, 2.24) is 5.32 Å². The molecule has 2 aromatic rings. The van der Waals surface area contributed by atoms with E-state index in [4.69, 9.17) is 0 Å². The van der Waals surface area contributed by atoms with Gasteiger partial charge in [0.1, 0.15) is 5.82 Å². The van der Waals surface area contributed by atoms with Crippen molar-refractivity contribution in [2.75, 3.05) is 11.9 Å². The third kappa shape index (κ3) is 3.81. The Hall–Kier alpha value is -1.39. The van der Waals surface area contributed by atoms with Crippen LogP contribution in [0.2, 0.25) is 0 Å². The molecule has 1 aromatic carbocycles. The molecule has 0 unspecified atom stereocenters. The van der Waals surface area contributed by atoms with Gasteiger partial charge in [0.05, 0.1) is 12.2 Å². The monoisotopic (exact) mass is 292 g/mol. The van der Waals surface area contributed by atoms with E-state index in [-0.39, 0.29) is 5.82 Å². The van der Waals surface area contributed by atoms with E-state index in [2.05, 4.69) is 25.2 Å². The molecule has 1 heterocycles. The fourth-order valence-corrected chi connectivity index (χ4v) is 2.92. The van der Waals surface area contributed by atoms with Crippen LogP contribution in [-0.4, -0.2) is 13.1 Å². The van der Waals surface area contributed by atoms with Gasteiger partial charge < -0.3 is 10.2 Å². The predicted octanol–water partition coefficient (Wildman–Crippen LogP) is 4.02. The average Bonchev–Trinajstić information content (AvgIpc) is 2.88. The first-order valence-electron chi connectivity index (χ1n) is 6.82. The van der Waals surface area contributed by atoms with Crippen molar-refractivity contribution in [3.63, 3.8) is 0 Å². The molecule has 0 bridgehead atoms. The van der Waals surface area contributed by atoms with Crippen molar-refractivity contribution in [2.45, 2.75) is 33.0 Å². The SMILES string of the molecule is CC(C)NCc1cccc(F)c1N(C)Cc1cccs1. The highest BCUT2D eigenvalue weighted by atomic mass is 32.1. The van der Waals surface area contributed by atoms with Gasteiger partial charge in [-0.15, -0.1) is 11.3 Å². The van der Waals surface area contributed by atoms with Crippen molar-refractivity contribution in [3.8, 4) is 0 Å². The summed E-state index contributed by atoms with van der Waals surface area (Å²) in [4.78, 5) is 3.22. The number of halogens is 1. The van der Waals surface area contributed by atoms with Crippen LogP contribution in [0.5, 0.6) is 0 Å². The Kier molecular flexibility index (Phi) is 5.15. The van der Waals surface area contributed by atoms with E-state index in [0.717, 1.165) is 12.1 Å². The molecule has 0 radical (unpaired) electrons. The minimum absolute atomic E-state index is 0.160. The molecule has 2 rings (SSSR count). The third-order valence-corrected chi connectivity index (χ3v) is 3.99. The molecule has 0 aliphatic carbocycles. The van der Waals surface area contributed by atoms with Gasteiger partial charge in [-0.2, -0.15) is 0 Å². The Labute approximate surface area is 124 Å². The highest BCUT2D eigenvalue weighted by Crippen LogP contribution is 2.26. The average molecular weight is 292 g/mol. The van der Waals surface area contributed by atoms with E-state index in [1.54, 1.807) is 17.4 Å². The molecule has 0 aliphatic rings. The first kappa shape index (κ1) is 15.0. The molecule has 0 aliphatic heterocycles. The molecule has 2 nitrogen and oxygen atoms in total. The number of hydrogen-bond donors (Lipinski definition) is 1. The van der Waals surface area contributed by atoms with Gasteiger partial charge in [-0.25, -0.2) is 4.39 Å². The van der Waals surface area contributed by atoms with Gasteiger partial charge in [0, 0.05) is 24.5 Å². The normalized spacial score (nSPS) is 11.1. The number of rotatable bonds is 6. The molecular formula is C16H21FN2S. The molecule has 0 spiro atoms. The van der Waals surface area contributed by atoms with Gasteiger partial charge in [0.15, 0.2) is 0 Å². The maximum Gasteiger partial charge on any atom is 0.146 e. The fourth-order valence-electron chi connectivity index (χ4n) is 2.16. The summed E-state index contributed by atoms with van der Waals surface area (Å²) in [6.07, 6.45) is 0. The van der Waals surface area contributed by atoms with Crippen molar-refractivity contribution >= 4 is 17.0 Å². The van der Waals surface area contributed by atoms with Crippen LogP contribution in [-0.2, 0) is 13.1 Å². The molecule has 0 fully saturated rings. The van der Waals surface area contributed by atoms with E-state index in [9.17, 15) is 4.39 Å². The second-order valence-electron chi connectivity index (χ2n) is 5.22. The molecular weight excluding hydrogens is 271 g/mol. The highest BCUT2D eigenvalue weighted by Gasteiger charge is 2.13. The number of nitrogens with zero attached hydrogens (tertiary/aromatic N) is 1. The number of anilines is 1. The van der Waals surface area contributed by atoms with Crippen molar-refractivity contribution in [3.05, 3.63) is 52.0 Å². The van der Waals surface area contributed by atoms with Gasteiger partial charge in [-0.3, -0.25) is 0 Å². The zero-order valence-electron chi connectivity index (χ0n) is 12.2. The Balaban J connectivity index is 2.19. The molecule has 0 saturated carbocycles. The van der Waals surface area contributed by atoms with E-state index in [1.165, 1.54) is 10.9 Å². The smallest absolute Gasteiger partial charge is 0.146 e. The molecule has 1 aromatic heterocycles. The lowest BCUT2D eigenvalue weighted by atomic mass is 10.1. The predicted molar refractivity (Wildman–Crippen MR) is 84.8 cm³/mol. The van der Waals surface area contributed by atoms with Crippen LogP contribution in [0.3, 0.4) is 0 Å². The zero-order chi connectivity index (χ0) is 14.5. The van der Waals surface area contributed by atoms with E-state index < -0.39 is 0 Å². The Morgan fingerprint density at radius 3 is 2.70 bits per heavy atom. The summed E-state index contributed by atoms with van der Waals surface area (Å²) in [5, 5.41) is 5.40. The van der Waals surface area contributed by atoms with Crippen LogP contribution < -0.4 is 10.2 Å². The van der Waals surface area contributed by atoms with Crippen LogP contribution in [0.15, 0.2) is 35.7 Å². The number of hydrogen-bond acceptors (Lipinski definition) is 3. The standard InChI is InChI=1S/C16H21FN2S/c1-12(2)18-10-13-6-4-8-15(17)16(13)19(3)11-14-7-5-9-20-14/h4-9,12,18H,10-11H2,1-3H3. The zero-order valence-corrected chi connectivity index (χ0v) is 13.0. The van der Waals surface area contributed by atoms with Gasteiger partial charge in [-0.05, 0) is 23.1 Å². The summed E-state index contributed by atoms with van der Waals surface area (Å²) in [5.41, 5.74) is 1.69. The molecule has 0 amide bonds. The molecule has 108 valence electrons. The van der Waals surface area contributed by atoms with Crippen LogP contribution in [0, 0.1) is 5.82 Å². The summed E-state index contributed by atoms with van der Waals surface area (Å²) >= 11 is 1.70. The lowest BCUT2D eigenvalue weighted by molar-refractivity contribution is 0.579. The number of para-hydroxylation sites is 1. The van der Waals surface area contributed by atoms with Gasteiger partial charge in [0.2, 0.25) is 0 Å². The van der Waals surface area contributed by atoms with Gasteiger partial charge in [-0.1, -0.05) is 32.0 Å². The Morgan fingerprint density at radius 1 is 1.25 bits per heavy atom. The van der Waals surface area contributed by atoms with Crippen molar-refractivity contribution < 1.29 is 4.39 Å². The van der Waals surface area contributed by atoms with Crippen molar-refractivity contribution in [1.29, 1.82) is 0 Å². The van der Waals surface area contributed by atoms with Crippen LogP contribution in [0.1, 0.15) is 24.3 Å². The lowest BCUT2D eigenvalue weighted by Crippen LogP contribution is -2.25. The summed E-state index contributed by atoms with van der Waals surface area (Å²) in [6, 6.07) is 9.77. The topological polar surface area (TPSA) is 15.3 Å². The summed E-state index contributed by atoms with van der Waals surface area (Å²) in [5.74, 6) is -0.160. The minimum atomic E-state index is -0.160. The summed E-state index contributed by atoms with van der Waals surface area (Å²) in [7, 11) is 1.94. The number of nitrogens with one attached hydrogen (secondary N) is 1. The molecule has 1 N–H and O–H groups in total.